The molecule has 0 N–H and O–H groups in total. The molecular formula is C11H23NO2S. The van der Waals surface area contributed by atoms with Crippen molar-refractivity contribution in [3.63, 3.8) is 0 Å². The third-order valence-corrected chi connectivity index (χ3v) is 5.92. The Morgan fingerprint density at radius 2 is 1.53 bits per heavy atom. The van der Waals surface area contributed by atoms with Crippen LogP contribution < -0.4 is 0 Å². The molecule has 90 valence electrons. The van der Waals surface area contributed by atoms with Crippen molar-refractivity contribution in [1.82, 2.24) is 4.31 Å². The fourth-order valence-corrected chi connectivity index (χ4v) is 3.48. The van der Waals surface area contributed by atoms with E-state index < -0.39 is 10.0 Å². The van der Waals surface area contributed by atoms with Crippen molar-refractivity contribution in [2.75, 3.05) is 18.8 Å². The Hall–Kier alpha value is -0.0900. The minimum Gasteiger partial charge on any atom is -0.212 e. The molecule has 0 amide bonds. The van der Waals surface area contributed by atoms with Gasteiger partial charge < -0.3 is 0 Å². The van der Waals surface area contributed by atoms with Crippen LogP contribution in [0, 0.1) is 5.41 Å². The monoisotopic (exact) mass is 233 g/mol. The molecule has 1 aliphatic heterocycles. The van der Waals surface area contributed by atoms with Crippen molar-refractivity contribution >= 4 is 10.0 Å². The van der Waals surface area contributed by atoms with E-state index in [9.17, 15) is 8.42 Å². The maximum atomic E-state index is 11.7. The van der Waals surface area contributed by atoms with E-state index in [1.807, 2.05) is 0 Å². The van der Waals surface area contributed by atoms with Gasteiger partial charge in [0.1, 0.15) is 0 Å². The highest BCUT2D eigenvalue weighted by Gasteiger charge is 2.34. The highest BCUT2D eigenvalue weighted by atomic mass is 32.2. The predicted octanol–water partition coefficient (Wildman–Crippen LogP) is 2.24. The zero-order valence-corrected chi connectivity index (χ0v) is 10.9. The van der Waals surface area contributed by atoms with Crippen LogP contribution in [0.15, 0.2) is 0 Å². The molecule has 0 saturated carbocycles. The summed E-state index contributed by atoms with van der Waals surface area (Å²) >= 11 is 0. The topological polar surface area (TPSA) is 37.4 Å². The molecule has 0 aromatic rings. The Bertz CT molecular complexity index is 284. The first-order valence-corrected chi connectivity index (χ1v) is 7.58. The molecule has 0 spiro atoms. The van der Waals surface area contributed by atoms with Crippen LogP contribution in [0.25, 0.3) is 0 Å². The summed E-state index contributed by atoms with van der Waals surface area (Å²) in [5, 5.41) is 0. The van der Waals surface area contributed by atoms with Gasteiger partial charge in [-0.25, -0.2) is 12.7 Å². The second-order valence-corrected chi connectivity index (χ2v) is 6.76. The van der Waals surface area contributed by atoms with Gasteiger partial charge >= 0.3 is 0 Å². The number of hydrogen-bond donors (Lipinski definition) is 0. The van der Waals surface area contributed by atoms with E-state index in [1.165, 1.54) is 12.8 Å². The van der Waals surface area contributed by atoms with E-state index in [-0.39, 0.29) is 5.75 Å². The van der Waals surface area contributed by atoms with Crippen molar-refractivity contribution in [2.45, 2.75) is 46.5 Å². The molecule has 0 aromatic carbocycles. The van der Waals surface area contributed by atoms with Crippen LogP contribution in [0.2, 0.25) is 0 Å². The molecule has 0 unspecified atom stereocenters. The maximum Gasteiger partial charge on any atom is 0.213 e. The Morgan fingerprint density at radius 1 is 1.07 bits per heavy atom. The zero-order chi connectivity index (χ0) is 11.5. The number of nitrogens with zero attached hydrogens (tertiary/aromatic N) is 1. The quantitative estimate of drug-likeness (QED) is 0.747. The van der Waals surface area contributed by atoms with Crippen molar-refractivity contribution in [2.24, 2.45) is 5.41 Å². The Morgan fingerprint density at radius 3 is 1.87 bits per heavy atom. The van der Waals surface area contributed by atoms with Crippen LogP contribution in [-0.2, 0) is 10.0 Å². The molecule has 0 aromatic heterocycles. The van der Waals surface area contributed by atoms with Gasteiger partial charge in [0.25, 0.3) is 0 Å². The minimum absolute atomic E-state index is 0.234. The Labute approximate surface area is 93.9 Å². The van der Waals surface area contributed by atoms with Gasteiger partial charge in [0.2, 0.25) is 10.0 Å². The number of rotatable bonds is 4. The summed E-state index contributed by atoms with van der Waals surface area (Å²) in [5.74, 6) is 0.234. The number of piperidine rings is 1. The molecule has 0 atom stereocenters. The van der Waals surface area contributed by atoms with E-state index in [1.54, 1.807) is 11.2 Å². The van der Waals surface area contributed by atoms with E-state index >= 15 is 0 Å². The first kappa shape index (κ1) is 13.0. The van der Waals surface area contributed by atoms with Crippen molar-refractivity contribution in [3.05, 3.63) is 0 Å². The van der Waals surface area contributed by atoms with E-state index in [4.69, 9.17) is 0 Å². The normalized spacial score (nSPS) is 22.9. The van der Waals surface area contributed by atoms with Gasteiger partial charge in [-0.1, -0.05) is 26.7 Å². The molecule has 3 nitrogen and oxygen atoms in total. The average molecular weight is 233 g/mol. The van der Waals surface area contributed by atoms with Crippen LogP contribution in [-0.4, -0.2) is 31.6 Å². The summed E-state index contributed by atoms with van der Waals surface area (Å²) in [6.07, 6.45) is 4.39. The lowest BCUT2D eigenvalue weighted by molar-refractivity contribution is 0.142. The fraction of sp³-hybridized carbons (Fsp3) is 1.00. The highest BCUT2D eigenvalue weighted by molar-refractivity contribution is 7.89. The summed E-state index contributed by atoms with van der Waals surface area (Å²) in [7, 11) is -2.95. The Balaban J connectivity index is 2.63. The van der Waals surface area contributed by atoms with Crippen LogP contribution in [0.3, 0.4) is 0 Å². The molecule has 15 heavy (non-hydrogen) atoms. The second-order valence-electron chi connectivity index (χ2n) is 4.51. The first-order chi connectivity index (χ1) is 6.99. The summed E-state index contributed by atoms with van der Waals surface area (Å²) in [4.78, 5) is 0. The molecule has 1 saturated heterocycles. The summed E-state index contributed by atoms with van der Waals surface area (Å²) in [5.41, 5.74) is 0.403. The summed E-state index contributed by atoms with van der Waals surface area (Å²) in [6, 6.07) is 0. The van der Waals surface area contributed by atoms with Gasteiger partial charge in [-0.15, -0.1) is 0 Å². The van der Waals surface area contributed by atoms with Crippen molar-refractivity contribution in [1.29, 1.82) is 0 Å². The van der Waals surface area contributed by atoms with Gasteiger partial charge in [-0.05, 0) is 25.2 Å². The standard InChI is InChI=1S/C11H23NO2S/c1-4-11(5-2)7-9-12(10-8-11)15(13,14)6-3/h4-10H2,1-3H3. The molecule has 4 heteroatoms. The lowest BCUT2D eigenvalue weighted by Gasteiger charge is -2.40. The third-order valence-electron chi connectivity index (χ3n) is 4.04. The van der Waals surface area contributed by atoms with Crippen LogP contribution in [0.4, 0.5) is 0 Å². The molecule has 0 radical (unpaired) electrons. The fourth-order valence-electron chi connectivity index (χ4n) is 2.38. The van der Waals surface area contributed by atoms with Crippen LogP contribution in [0.1, 0.15) is 46.5 Å². The average Bonchev–Trinajstić information content (AvgIpc) is 2.29. The molecule has 1 fully saturated rings. The van der Waals surface area contributed by atoms with Gasteiger partial charge in [0.15, 0.2) is 0 Å². The minimum atomic E-state index is -2.95. The first-order valence-electron chi connectivity index (χ1n) is 5.97. The number of sulfonamides is 1. The maximum absolute atomic E-state index is 11.7. The van der Waals surface area contributed by atoms with E-state index in [0.29, 0.717) is 5.41 Å². The SMILES string of the molecule is CCC1(CC)CCN(S(=O)(=O)CC)CC1. The molecule has 1 aliphatic rings. The van der Waals surface area contributed by atoms with Crippen molar-refractivity contribution in [3.8, 4) is 0 Å². The van der Waals surface area contributed by atoms with Crippen LogP contribution >= 0.6 is 0 Å². The van der Waals surface area contributed by atoms with Gasteiger partial charge in [0, 0.05) is 13.1 Å². The smallest absolute Gasteiger partial charge is 0.212 e. The van der Waals surface area contributed by atoms with Gasteiger partial charge in [0.05, 0.1) is 5.75 Å². The molecule has 1 heterocycles. The second kappa shape index (κ2) is 4.83. The van der Waals surface area contributed by atoms with E-state index in [2.05, 4.69) is 13.8 Å². The van der Waals surface area contributed by atoms with Crippen LogP contribution in [0.5, 0.6) is 0 Å². The molecule has 1 rings (SSSR count). The Kier molecular flexibility index (Phi) is 4.18. The lowest BCUT2D eigenvalue weighted by atomic mass is 9.75. The largest absolute Gasteiger partial charge is 0.213 e. The predicted molar refractivity (Wildman–Crippen MR) is 63.3 cm³/mol. The third kappa shape index (κ3) is 2.72. The van der Waals surface area contributed by atoms with Gasteiger partial charge in [-0.3, -0.25) is 0 Å². The molecule has 0 bridgehead atoms. The zero-order valence-electron chi connectivity index (χ0n) is 10.1. The number of hydrogen-bond acceptors (Lipinski definition) is 2. The van der Waals surface area contributed by atoms with Crippen molar-refractivity contribution < 1.29 is 8.42 Å². The highest BCUT2D eigenvalue weighted by Crippen LogP contribution is 2.38. The molecular weight excluding hydrogens is 210 g/mol. The van der Waals surface area contributed by atoms with Gasteiger partial charge in [-0.2, -0.15) is 0 Å². The molecule has 0 aliphatic carbocycles. The summed E-state index contributed by atoms with van der Waals surface area (Å²) in [6.45, 7) is 7.59. The summed E-state index contributed by atoms with van der Waals surface area (Å²) < 4.78 is 25.0. The van der Waals surface area contributed by atoms with E-state index in [0.717, 1.165) is 25.9 Å². The lowest BCUT2D eigenvalue weighted by Crippen LogP contribution is -2.43.